The number of carboxylic acids is 1. The monoisotopic (exact) mass is 256 g/mol. The summed E-state index contributed by atoms with van der Waals surface area (Å²) in [6.45, 7) is 8.36. The lowest BCUT2D eigenvalue weighted by Crippen LogP contribution is -2.36. The van der Waals surface area contributed by atoms with Gasteiger partial charge in [-0.1, -0.05) is 66.2 Å². The highest BCUT2D eigenvalue weighted by Crippen LogP contribution is 2.38. The summed E-state index contributed by atoms with van der Waals surface area (Å²) < 4.78 is 0. The first kappa shape index (κ1) is 17.5. The first-order valence-electron chi connectivity index (χ1n) is 7.78. The van der Waals surface area contributed by atoms with Crippen molar-refractivity contribution in [3.05, 3.63) is 0 Å². The lowest BCUT2D eigenvalue weighted by atomic mass is 9.70. The van der Waals surface area contributed by atoms with E-state index in [-0.39, 0.29) is 5.92 Å². The molecule has 0 saturated heterocycles. The summed E-state index contributed by atoms with van der Waals surface area (Å²) in [6.07, 6.45) is 10.2. The van der Waals surface area contributed by atoms with E-state index in [1.807, 2.05) is 13.8 Å². The summed E-state index contributed by atoms with van der Waals surface area (Å²) in [4.78, 5) is 11.5. The Morgan fingerprint density at radius 3 is 1.94 bits per heavy atom. The van der Waals surface area contributed by atoms with Crippen molar-refractivity contribution in [2.45, 2.75) is 85.5 Å². The molecule has 0 bridgehead atoms. The topological polar surface area (TPSA) is 37.3 Å². The van der Waals surface area contributed by atoms with E-state index in [0.29, 0.717) is 0 Å². The molecule has 0 aromatic heterocycles. The highest BCUT2D eigenvalue weighted by atomic mass is 16.4. The Kier molecular flexibility index (Phi) is 9.13. The highest BCUT2D eigenvalue weighted by molar-refractivity contribution is 5.74. The molecular formula is C16H32O2. The van der Waals surface area contributed by atoms with Crippen molar-refractivity contribution in [2.75, 3.05) is 0 Å². The van der Waals surface area contributed by atoms with Crippen LogP contribution < -0.4 is 0 Å². The standard InChI is InChI=1S/C16H32O2/c1-5-8-9-10-11-12-13-14(4)16(6-2,7-3)15(17)18/h14H,5-13H2,1-4H3,(H,17,18). The predicted octanol–water partition coefficient (Wildman–Crippen LogP) is 5.26. The summed E-state index contributed by atoms with van der Waals surface area (Å²) in [5, 5.41) is 9.47. The largest absolute Gasteiger partial charge is 0.481 e. The van der Waals surface area contributed by atoms with E-state index < -0.39 is 11.4 Å². The van der Waals surface area contributed by atoms with Crippen molar-refractivity contribution in [3.63, 3.8) is 0 Å². The summed E-state index contributed by atoms with van der Waals surface area (Å²) in [5.74, 6) is -0.317. The van der Waals surface area contributed by atoms with E-state index in [4.69, 9.17) is 0 Å². The molecule has 1 atom stereocenters. The van der Waals surface area contributed by atoms with Crippen molar-refractivity contribution in [2.24, 2.45) is 11.3 Å². The fourth-order valence-corrected chi connectivity index (χ4v) is 2.97. The van der Waals surface area contributed by atoms with E-state index in [9.17, 15) is 9.90 Å². The molecule has 108 valence electrons. The van der Waals surface area contributed by atoms with Crippen molar-refractivity contribution in [1.82, 2.24) is 0 Å². The number of aliphatic carboxylic acids is 1. The minimum atomic E-state index is -0.606. The Morgan fingerprint density at radius 1 is 1.00 bits per heavy atom. The number of carbonyl (C=O) groups is 1. The summed E-state index contributed by atoms with van der Waals surface area (Å²) in [6, 6.07) is 0. The normalized spacial score (nSPS) is 13.6. The minimum absolute atomic E-state index is 0.288. The van der Waals surface area contributed by atoms with Gasteiger partial charge < -0.3 is 5.11 Å². The molecule has 0 aliphatic heterocycles. The van der Waals surface area contributed by atoms with E-state index in [2.05, 4.69) is 13.8 Å². The second-order valence-corrected chi connectivity index (χ2v) is 5.63. The molecule has 2 heteroatoms. The van der Waals surface area contributed by atoms with Gasteiger partial charge in [0.1, 0.15) is 0 Å². The van der Waals surface area contributed by atoms with Gasteiger partial charge in [-0.15, -0.1) is 0 Å². The summed E-state index contributed by atoms with van der Waals surface area (Å²) in [7, 11) is 0. The Balaban J connectivity index is 4.04. The van der Waals surface area contributed by atoms with Gasteiger partial charge >= 0.3 is 5.97 Å². The van der Waals surface area contributed by atoms with Crippen molar-refractivity contribution in [3.8, 4) is 0 Å². The molecule has 0 saturated carbocycles. The van der Waals surface area contributed by atoms with Crippen molar-refractivity contribution < 1.29 is 9.90 Å². The molecule has 0 aliphatic carbocycles. The third kappa shape index (κ3) is 4.99. The smallest absolute Gasteiger partial charge is 0.309 e. The van der Waals surface area contributed by atoms with Gasteiger partial charge in [0.2, 0.25) is 0 Å². The van der Waals surface area contributed by atoms with Crippen LogP contribution in [0.25, 0.3) is 0 Å². The molecule has 0 amide bonds. The van der Waals surface area contributed by atoms with Crippen LogP contribution in [0, 0.1) is 11.3 Å². The zero-order chi connectivity index (χ0) is 14.0. The fraction of sp³-hybridized carbons (Fsp3) is 0.938. The molecule has 0 spiro atoms. The lowest BCUT2D eigenvalue weighted by Gasteiger charge is -2.33. The SMILES string of the molecule is CCCCCCCCC(C)C(CC)(CC)C(=O)O. The molecule has 0 fully saturated rings. The average molecular weight is 256 g/mol. The molecule has 0 heterocycles. The number of hydrogen-bond donors (Lipinski definition) is 1. The zero-order valence-corrected chi connectivity index (χ0v) is 12.8. The molecule has 0 rings (SSSR count). The first-order chi connectivity index (χ1) is 8.55. The molecule has 0 radical (unpaired) electrons. The number of unbranched alkanes of at least 4 members (excludes halogenated alkanes) is 5. The number of rotatable bonds is 11. The second-order valence-electron chi connectivity index (χ2n) is 5.63. The molecule has 0 aromatic carbocycles. The van der Waals surface area contributed by atoms with Crippen LogP contribution >= 0.6 is 0 Å². The minimum Gasteiger partial charge on any atom is -0.481 e. The second kappa shape index (κ2) is 9.41. The van der Waals surface area contributed by atoms with Crippen LogP contribution in [0.2, 0.25) is 0 Å². The van der Waals surface area contributed by atoms with Gasteiger partial charge in [0.05, 0.1) is 5.41 Å². The van der Waals surface area contributed by atoms with Crippen LogP contribution in [0.15, 0.2) is 0 Å². The van der Waals surface area contributed by atoms with Gasteiger partial charge in [-0.05, 0) is 25.2 Å². The van der Waals surface area contributed by atoms with Gasteiger partial charge in [0.25, 0.3) is 0 Å². The molecule has 2 nitrogen and oxygen atoms in total. The Labute approximate surface area is 113 Å². The van der Waals surface area contributed by atoms with Crippen LogP contribution in [-0.2, 0) is 4.79 Å². The maximum atomic E-state index is 11.5. The van der Waals surface area contributed by atoms with E-state index in [0.717, 1.165) is 19.3 Å². The molecule has 0 aromatic rings. The van der Waals surface area contributed by atoms with E-state index in [1.54, 1.807) is 0 Å². The molecule has 1 unspecified atom stereocenters. The van der Waals surface area contributed by atoms with Crippen molar-refractivity contribution in [1.29, 1.82) is 0 Å². The summed E-state index contributed by atoms with van der Waals surface area (Å²) >= 11 is 0. The molecule has 0 aliphatic rings. The quantitative estimate of drug-likeness (QED) is 0.512. The third-order valence-corrected chi connectivity index (χ3v) is 4.62. The van der Waals surface area contributed by atoms with Crippen molar-refractivity contribution >= 4 is 5.97 Å². The van der Waals surface area contributed by atoms with Crippen LogP contribution in [0.5, 0.6) is 0 Å². The van der Waals surface area contributed by atoms with Gasteiger partial charge in [-0.3, -0.25) is 4.79 Å². The van der Waals surface area contributed by atoms with Gasteiger partial charge in [-0.25, -0.2) is 0 Å². The molecular weight excluding hydrogens is 224 g/mol. The van der Waals surface area contributed by atoms with Crippen LogP contribution in [0.1, 0.15) is 85.5 Å². The average Bonchev–Trinajstić information content (AvgIpc) is 2.35. The number of carboxylic acid groups (broad SMARTS) is 1. The van der Waals surface area contributed by atoms with Gasteiger partial charge in [0.15, 0.2) is 0 Å². The first-order valence-corrected chi connectivity index (χ1v) is 7.78. The highest BCUT2D eigenvalue weighted by Gasteiger charge is 2.39. The molecule has 1 N–H and O–H groups in total. The Bertz CT molecular complexity index is 219. The van der Waals surface area contributed by atoms with E-state index in [1.165, 1.54) is 38.5 Å². The van der Waals surface area contributed by atoms with E-state index >= 15 is 0 Å². The molecule has 18 heavy (non-hydrogen) atoms. The third-order valence-electron chi connectivity index (χ3n) is 4.62. The summed E-state index contributed by atoms with van der Waals surface area (Å²) in [5.41, 5.74) is -0.497. The number of hydrogen-bond acceptors (Lipinski definition) is 1. The van der Waals surface area contributed by atoms with Gasteiger partial charge in [-0.2, -0.15) is 0 Å². The van der Waals surface area contributed by atoms with Crippen LogP contribution in [-0.4, -0.2) is 11.1 Å². The lowest BCUT2D eigenvalue weighted by molar-refractivity contribution is -0.153. The fourth-order valence-electron chi connectivity index (χ4n) is 2.97. The Morgan fingerprint density at radius 2 is 1.50 bits per heavy atom. The Hall–Kier alpha value is -0.530. The van der Waals surface area contributed by atoms with Crippen LogP contribution in [0.3, 0.4) is 0 Å². The maximum Gasteiger partial charge on any atom is 0.309 e. The van der Waals surface area contributed by atoms with Gasteiger partial charge in [0, 0.05) is 0 Å². The predicted molar refractivity (Wildman–Crippen MR) is 77.8 cm³/mol. The zero-order valence-electron chi connectivity index (χ0n) is 12.8. The van der Waals surface area contributed by atoms with Crippen LogP contribution in [0.4, 0.5) is 0 Å². The maximum absolute atomic E-state index is 11.5.